The molecule has 0 heterocycles. The Bertz CT molecular complexity index is 368. The first-order valence-corrected chi connectivity index (χ1v) is 4.73. The predicted octanol–water partition coefficient (Wildman–Crippen LogP) is 0.479. The van der Waals surface area contributed by atoms with Crippen LogP contribution in [0, 0.1) is 10.1 Å². The van der Waals surface area contributed by atoms with E-state index >= 15 is 0 Å². The second-order valence-electron chi connectivity index (χ2n) is 2.48. The quantitative estimate of drug-likeness (QED) is 0.449. The van der Waals surface area contributed by atoms with Gasteiger partial charge < -0.3 is 4.55 Å². The van der Waals surface area contributed by atoms with E-state index in [1.165, 1.54) is 18.2 Å². The van der Waals surface area contributed by atoms with E-state index in [9.17, 15) is 18.9 Å². The van der Waals surface area contributed by atoms with E-state index in [2.05, 4.69) is 4.72 Å². The number of nitrogens with zero attached hydrogens (tertiary/aromatic N) is 1. The highest BCUT2D eigenvalue weighted by Crippen LogP contribution is 2.12. The molecule has 7 heteroatoms. The third-order valence-electron chi connectivity index (χ3n) is 1.52. The lowest BCUT2D eigenvalue weighted by atomic mass is 10.2. The minimum absolute atomic E-state index is 0.0534. The van der Waals surface area contributed by atoms with Gasteiger partial charge in [0.15, 0.2) is 0 Å². The maximum absolute atomic E-state index is 10.4. The first-order valence-electron chi connectivity index (χ1n) is 3.65. The molecule has 0 aromatic heterocycles. The number of rotatable bonds is 4. The fraction of sp³-hybridized carbons (Fsp3) is 0.143. The summed E-state index contributed by atoms with van der Waals surface area (Å²) in [5.41, 5.74) is 0.490. The number of hydrogen-bond acceptors (Lipinski definition) is 4. The summed E-state index contributed by atoms with van der Waals surface area (Å²) >= 11 is -2.35. The maximum atomic E-state index is 10.4. The van der Waals surface area contributed by atoms with Crippen molar-refractivity contribution in [3.8, 4) is 0 Å². The molecule has 0 spiro atoms. The monoisotopic (exact) mass is 215 g/mol. The van der Waals surface area contributed by atoms with Gasteiger partial charge in [-0.05, 0) is 5.56 Å². The third-order valence-corrected chi connectivity index (χ3v) is 1.90. The number of nitro groups is 1. The van der Waals surface area contributed by atoms with Crippen LogP contribution in [0.3, 0.4) is 0 Å². The average molecular weight is 215 g/mol. The summed E-state index contributed by atoms with van der Waals surface area (Å²) in [6.45, 7) is 0.0534. The minimum atomic E-state index is -2.35. The standard InChI is InChI=1S/C7H8N2O4S/c10-9(11)7-3-1-2-6(4-7)5-8-14(12)13/h1-4,8H,5H2,(H,12,13)/p-1. The molecule has 6 nitrogen and oxygen atoms in total. The van der Waals surface area contributed by atoms with Gasteiger partial charge in [-0.1, -0.05) is 12.1 Å². The molecule has 0 saturated carbocycles. The molecule has 0 aliphatic heterocycles. The minimum Gasteiger partial charge on any atom is -0.760 e. The highest BCUT2D eigenvalue weighted by Gasteiger charge is 2.04. The summed E-state index contributed by atoms with van der Waals surface area (Å²) in [6, 6.07) is 5.77. The fourth-order valence-electron chi connectivity index (χ4n) is 0.922. The van der Waals surface area contributed by atoms with E-state index in [0.29, 0.717) is 5.56 Å². The fourth-order valence-corrected chi connectivity index (χ4v) is 1.21. The summed E-state index contributed by atoms with van der Waals surface area (Å²) in [7, 11) is 0. The average Bonchev–Trinajstić information content (AvgIpc) is 2.15. The number of benzene rings is 1. The molecule has 0 bridgehead atoms. The highest BCUT2D eigenvalue weighted by molar-refractivity contribution is 7.77. The summed E-state index contributed by atoms with van der Waals surface area (Å²) < 4.78 is 22.4. The maximum Gasteiger partial charge on any atom is 0.269 e. The highest BCUT2D eigenvalue weighted by atomic mass is 32.2. The Kier molecular flexibility index (Phi) is 3.69. The van der Waals surface area contributed by atoms with Crippen LogP contribution in [0.15, 0.2) is 24.3 Å². The van der Waals surface area contributed by atoms with E-state index in [0.717, 1.165) is 0 Å². The second kappa shape index (κ2) is 4.80. The van der Waals surface area contributed by atoms with Crippen molar-refractivity contribution in [3.63, 3.8) is 0 Å². The molecular weight excluding hydrogens is 208 g/mol. The van der Waals surface area contributed by atoms with Crippen LogP contribution in [-0.4, -0.2) is 13.7 Å². The molecule has 0 amide bonds. The lowest BCUT2D eigenvalue weighted by Crippen LogP contribution is -2.15. The van der Waals surface area contributed by atoms with Crippen molar-refractivity contribution in [2.45, 2.75) is 6.54 Å². The van der Waals surface area contributed by atoms with Crippen LogP contribution in [0.25, 0.3) is 0 Å². The van der Waals surface area contributed by atoms with Crippen LogP contribution >= 0.6 is 0 Å². The van der Waals surface area contributed by atoms with Crippen molar-refractivity contribution < 1.29 is 13.7 Å². The zero-order valence-corrected chi connectivity index (χ0v) is 7.82. The van der Waals surface area contributed by atoms with Gasteiger partial charge in [-0.15, -0.1) is 0 Å². The van der Waals surface area contributed by atoms with Crippen molar-refractivity contribution in [2.75, 3.05) is 0 Å². The van der Waals surface area contributed by atoms with Crippen molar-refractivity contribution in [1.29, 1.82) is 0 Å². The molecule has 0 aliphatic carbocycles. The lowest BCUT2D eigenvalue weighted by Gasteiger charge is -2.06. The van der Waals surface area contributed by atoms with Gasteiger partial charge in [0.1, 0.15) is 0 Å². The van der Waals surface area contributed by atoms with Gasteiger partial charge in [-0.2, -0.15) is 0 Å². The molecular formula is C7H7N2O4S-. The van der Waals surface area contributed by atoms with Gasteiger partial charge in [0.25, 0.3) is 5.69 Å². The molecule has 76 valence electrons. The Morgan fingerprint density at radius 2 is 2.21 bits per heavy atom. The van der Waals surface area contributed by atoms with Crippen molar-refractivity contribution in [3.05, 3.63) is 39.9 Å². The number of nitrogens with one attached hydrogen (secondary N) is 1. The summed E-state index contributed by atoms with van der Waals surface area (Å²) in [5, 5.41) is 10.4. The molecule has 0 saturated heterocycles. The smallest absolute Gasteiger partial charge is 0.269 e. The summed E-state index contributed by atoms with van der Waals surface area (Å²) in [4.78, 5) is 9.82. The second-order valence-corrected chi connectivity index (χ2v) is 3.24. The molecule has 0 radical (unpaired) electrons. The third kappa shape index (κ3) is 3.21. The Morgan fingerprint density at radius 3 is 2.79 bits per heavy atom. The van der Waals surface area contributed by atoms with Gasteiger partial charge in [0, 0.05) is 29.9 Å². The van der Waals surface area contributed by atoms with E-state index < -0.39 is 16.2 Å². The molecule has 1 aromatic carbocycles. The van der Waals surface area contributed by atoms with Gasteiger partial charge in [0.2, 0.25) is 0 Å². The van der Waals surface area contributed by atoms with Gasteiger partial charge in [-0.25, -0.2) is 4.72 Å². The van der Waals surface area contributed by atoms with Crippen LogP contribution in [0.1, 0.15) is 5.56 Å². The van der Waals surface area contributed by atoms with E-state index in [1.54, 1.807) is 6.07 Å². The SMILES string of the molecule is O=[N+]([O-])c1cccc(CNS(=O)[O-])c1. The Morgan fingerprint density at radius 1 is 1.50 bits per heavy atom. The van der Waals surface area contributed by atoms with E-state index in [-0.39, 0.29) is 12.2 Å². The first-order chi connectivity index (χ1) is 6.59. The normalized spacial score (nSPS) is 12.4. The Hall–Kier alpha value is -1.31. The van der Waals surface area contributed by atoms with Crippen molar-refractivity contribution in [1.82, 2.24) is 4.72 Å². The zero-order valence-electron chi connectivity index (χ0n) is 7.00. The van der Waals surface area contributed by atoms with Gasteiger partial charge in [-0.3, -0.25) is 14.3 Å². The van der Waals surface area contributed by atoms with E-state index in [4.69, 9.17) is 0 Å². The van der Waals surface area contributed by atoms with E-state index in [1.807, 2.05) is 0 Å². The lowest BCUT2D eigenvalue weighted by molar-refractivity contribution is -0.384. The number of non-ortho nitro benzene ring substituents is 1. The van der Waals surface area contributed by atoms with Crippen LogP contribution in [-0.2, 0) is 17.8 Å². The number of nitro benzene ring substituents is 1. The van der Waals surface area contributed by atoms with Crippen molar-refractivity contribution in [2.24, 2.45) is 0 Å². The summed E-state index contributed by atoms with van der Waals surface area (Å²) in [6.07, 6.45) is 0. The van der Waals surface area contributed by atoms with Gasteiger partial charge >= 0.3 is 0 Å². The number of hydrogen-bond donors (Lipinski definition) is 1. The Labute approximate surface area is 82.5 Å². The molecule has 0 fully saturated rings. The van der Waals surface area contributed by atoms with Gasteiger partial charge in [0.05, 0.1) is 4.92 Å². The zero-order chi connectivity index (χ0) is 10.6. The predicted molar refractivity (Wildman–Crippen MR) is 48.9 cm³/mol. The Balaban J connectivity index is 2.73. The van der Waals surface area contributed by atoms with Crippen LogP contribution < -0.4 is 4.72 Å². The molecule has 1 rings (SSSR count). The largest absolute Gasteiger partial charge is 0.760 e. The topological polar surface area (TPSA) is 95.3 Å². The molecule has 1 aromatic rings. The summed E-state index contributed by atoms with van der Waals surface area (Å²) in [5.74, 6) is 0. The molecule has 14 heavy (non-hydrogen) atoms. The molecule has 1 unspecified atom stereocenters. The van der Waals surface area contributed by atoms with Crippen LogP contribution in [0.2, 0.25) is 0 Å². The van der Waals surface area contributed by atoms with Crippen LogP contribution in [0.4, 0.5) is 5.69 Å². The molecule has 1 atom stereocenters. The molecule has 1 N–H and O–H groups in total. The van der Waals surface area contributed by atoms with Crippen molar-refractivity contribution >= 4 is 17.0 Å². The van der Waals surface area contributed by atoms with Crippen LogP contribution in [0.5, 0.6) is 0 Å². The first kappa shape index (κ1) is 10.8. The molecule has 0 aliphatic rings.